The molecular formula is C11H14BrN3O. The Balaban J connectivity index is 1.88. The van der Waals surface area contributed by atoms with Crippen LogP contribution in [0.5, 0.6) is 0 Å². The summed E-state index contributed by atoms with van der Waals surface area (Å²) in [4.78, 5) is 12.4. The number of hydrogen-bond acceptors (Lipinski definition) is 3. The number of alkyl halides is 1. The molecule has 1 N–H and O–H groups in total. The molecule has 5 heteroatoms. The van der Waals surface area contributed by atoms with Crippen molar-refractivity contribution in [1.29, 1.82) is 0 Å². The first-order valence-electron chi connectivity index (χ1n) is 5.47. The molecular weight excluding hydrogens is 270 g/mol. The highest BCUT2D eigenvalue weighted by atomic mass is 79.9. The number of nitrogens with zero attached hydrogens (tertiary/aromatic N) is 2. The first kappa shape index (κ1) is 11.5. The van der Waals surface area contributed by atoms with Gasteiger partial charge in [0.25, 0.3) is 5.91 Å². The Morgan fingerprint density at radius 1 is 1.31 bits per heavy atom. The van der Waals surface area contributed by atoms with Gasteiger partial charge in [0.1, 0.15) is 0 Å². The van der Waals surface area contributed by atoms with E-state index in [4.69, 9.17) is 0 Å². The quantitative estimate of drug-likeness (QED) is 0.844. The Morgan fingerprint density at radius 2 is 2.06 bits per heavy atom. The minimum atomic E-state index is -0.0482. The maximum atomic E-state index is 11.8. The van der Waals surface area contributed by atoms with E-state index in [0.717, 1.165) is 25.7 Å². The Bertz CT molecular complexity index is 350. The van der Waals surface area contributed by atoms with Crippen LogP contribution >= 0.6 is 15.9 Å². The van der Waals surface area contributed by atoms with E-state index in [1.54, 1.807) is 6.07 Å². The molecule has 4 nitrogen and oxygen atoms in total. The molecule has 1 heterocycles. The average molecular weight is 284 g/mol. The summed E-state index contributed by atoms with van der Waals surface area (Å²) in [7, 11) is 0. The molecule has 1 aromatic heterocycles. The van der Waals surface area contributed by atoms with Crippen molar-refractivity contribution >= 4 is 21.8 Å². The Labute approximate surface area is 103 Å². The van der Waals surface area contributed by atoms with Crippen LogP contribution in [0.3, 0.4) is 0 Å². The van der Waals surface area contributed by atoms with E-state index in [1.165, 1.54) is 12.4 Å². The highest BCUT2D eigenvalue weighted by Crippen LogP contribution is 2.24. The number of hydrogen-bond donors (Lipinski definition) is 1. The zero-order chi connectivity index (χ0) is 11.4. The van der Waals surface area contributed by atoms with Crippen molar-refractivity contribution in [3.05, 3.63) is 24.0 Å². The summed E-state index contributed by atoms with van der Waals surface area (Å²) in [5.74, 6) is -0.0482. The number of rotatable bonds is 2. The van der Waals surface area contributed by atoms with Crippen LogP contribution in [0.2, 0.25) is 0 Å². The van der Waals surface area contributed by atoms with Crippen molar-refractivity contribution in [2.24, 2.45) is 0 Å². The molecule has 0 radical (unpaired) electrons. The van der Waals surface area contributed by atoms with Crippen LogP contribution in [0.25, 0.3) is 0 Å². The lowest BCUT2D eigenvalue weighted by Gasteiger charge is -2.25. The van der Waals surface area contributed by atoms with Gasteiger partial charge in [-0.15, -0.1) is 0 Å². The third-order valence-electron chi connectivity index (χ3n) is 2.84. The van der Waals surface area contributed by atoms with Crippen LogP contribution in [0.1, 0.15) is 36.0 Å². The monoisotopic (exact) mass is 283 g/mol. The zero-order valence-electron chi connectivity index (χ0n) is 8.90. The van der Waals surface area contributed by atoms with E-state index in [-0.39, 0.29) is 5.91 Å². The van der Waals surface area contributed by atoms with Crippen molar-refractivity contribution in [3.63, 3.8) is 0 Å². The smallest absolute Gasteiger partial charge is 0.253 e. The fraction of sp³-hybridized carbons (Fsp3) is 0.545. The van der Waals surface area contributed by atoms with Crippen molar-refractivity contribution in [1.82, 2.24) is 15.5 Å². The molecule has 0 aromatic carbocycles. The second-order valence-electron chi connectivity index (χ2n) is 4.05. The van der Waals surface area contributed by atoms with Crippen LogP contribution in [0.15, 0.2) is 18.5 Å². The minimum absolute atomic E-state index is 0.0482. The summed E-state index contributed by atoms with van der Waals surface area (Å²) < 4.78 is 0. The number of carbonyl (C=O) groups is 1. The van der Waals surface area contributed by atoms with Crippen molar-refractivity contribution in [3.8, 4) is 0 Å². The van der Waals surface area contributed by atoms with E-state index < -0.39 is 0 Å². The van der Waals surface area contributed by atoms with Gasteiger partial charge in [-0.05, 0) is 31.7 Å². The number of amides is 1. The van der Waals surface area contributed by atoms with Gasteiger partial charge in [-0.3, -0.25) is 4.79 Å². The molecule has 1 saturated carbocycles. The second-order valence-corrected chi connectivity index (χ2v) is 5.35. The number of nitrogens with one attached hydrogen (secondary N) is 1. The summed E-state index contributed by atoms with van der Waals surface area (Å²) in [6, 6.07) is 1.98. The molecule has 16 heavy (non-hydrogen) atoms. The van der Waals surface area contributed by atoms with Crippen molar-refractivity contribution < 1.29 is 4.79 Å². The van der Waals surface area contributed by atoms with E-state index in [1.807, 2.05) is 0 Å². The van der Waals surface area contributed by atoms with E-state index in [2.05, 4.69) is 31.4 Å². The molecule has 0 atom stereocenters. The summed E-state index contributed by atoms with van der Waals surface area (Å²) in [6.45, 7) is 0. The number of carbonyl (C=O) groups excluding carboxylic acids is 1. The second kappa shape index (κ2) is 5.39. The lowest BCUT2D eigenvalue weighted by atomic mass is 9.95. The molecule has 0 spiro atoms. The molecule has 1 aliphatic rings. The summed E-state index contributed by atoms with van der Waals surface area (Å²) in [5, 5.41) is 10.4. The first-order valence-corrected chi connectivity index (χ1v) is 6.39. The molecule has 2 rings (SSSR count). The van der Waals surface area contributed by atoms with E-state index >= 15 is 0 Å². The van der Waals surface area contributed by atoms with E-state index in [0.29, 0.717) is 16.4 Å². The predicted molar refractivity (Wildman–Crippen MR) is 64.5 cm³/mol. The molecule has 1 amide bonds. The SMILES string of the molecule is O=C(NC1CCC(Br)CC1)c1ccnnc1. The van der Waals surface area contributed by atoms with Crippen LogP contribution < -0.4 is 5.32 Å². The summed E-state index contributed by atoms with van der Waals surface area (Å²) >= 11 is 3.60. The maximum Gasteiger partial charge on any atom is 0.253 e. The molecule has 0 bridgehead atoms. The molecule has 0 aliphatic heterocycles. The van der Waals surface area contributed by atoms with Crippen LogP contribution in [-0.4, -0.2) is 27.0 Å². The van der Waals surface area contributed by atoms with Gasteiger partial charge in [0.15, 0.2) is 0 Å². The van der Waals surface area contributed by atoms with Gasteiger partial charge in [-0.25, -0.2) is 0 Å². The maximum absolute atomic E-state index is 11.8. The standard InChI is InChI=1S/C11H14BrN3O/c12-9-1-3-10(4-2-9)15-11(16)8-5-6-13-14-7-8/h5-7,9-10H,1-4H2,(H,15,16). The number of halogens is 1. The van der Waals surface area contributed by atoms with Crippen molar-refractivity contribution in [2.45, 2.75) is 36.6 Å². The molecule has 86 valence electrons. The highest BCUT2D eigenvalue weighted by Gasteiger charge is 2.20. The largest absolute Gasteiger partial charge is 0.349 e. The predicted octanol–water partition coefficient (Wildman–Crippen LogP) is 1.91. The fourth-order valence-electron chi connectivity index (χ4n) is 1.89. The van der Waals surface area contributed by atoms with Crippen LogP contribution in [0, 0.1) is 0 Å². The van der Waals surface area contributed by atoms with Gasteiger partial charge in [-0.1, -0.05) is 15.9 Å². The molecule has 1 aromatic rings. The van der Waals surface area contributed by atoms with E-state index in [9.17, 15) is 4.79 Å². The third-order valence-corrected chi connectivity index (χ3v) is 3.75. The van der Waals surface area contributed by atoms with Crippen LogP contribution in [0.4, 0.5) is 0 Å². The molecule has 1 aliphatic carbocycles. The van der Waals surface area contributed by atoms with Gasteiger partial charge >= 0.3 is 0 Å². The summed E-state index contributed by atoms with van der Waals surface area (Å²) in [6.07, 6.45) is 7.36. The Kier molecular flexibility index (Phi) is 3.88. The van der Waals surface area contributed by atoms with Gasteiger partial charge in [0.2, 0.25) is 0 Å². The highest BCUT2D eigenvalue weighted by molar-refractivity contribution is 9.09. The molecule has 0 saturated heterocycles. The Hall–Kier alpha value is -0.970. The average Bonchev–Trinajstić information content (AvgIpc) is 2.33. The third kappa shape index (κ3) is 3.01. The van der Waals surface area contributed by atoms with Crippen molar-refractivity contribution in [2.75, 3.05) is 0 Å². The fourth-order valence-corrected chi connectivity index (χ4v) is 2.42. The van der Waals surface area contributed by atoms with Crippen LogP contribution in [-0.2, 0) is 0 Å². The lowest BCUT2D eigenvalue weighted by molar-refractivity contribution is 0.0927. The Morgan fingerprint density at radius 3 is 2.69 bits per heavy atom. The minimum Gasteiger partial charge on any atom is -0.349 e. The van der Waals surface area contributed by atoms with Gasteiger partial charge in [0, 0.05) is 10.9 Å². The van der Waals surface area contributed by atoms with Gasteiger partial charge < -0.3 is 5.32 Å². The molecule has 0 unspecified atom stereocenters. The zero-order valence-corrected chi connectivity index (χ0v) is 10.5. The first-order chi connectivity index (χ1) is 7.75. The normalized spacial score (nSPS) is 25.1. The van der Waals surface area contributed by atoms with Gasteiger partial charge in [-0.2, -0.15) is 10.2 Å². The number of aromatic nitrogens is 2. The van der Waals surface area contributed by atoms with Gasteiger partial charge in [0.05, 0.1) is 18.0 Å². The molecule has 1 fully saturated rings. The topological polar surface area (TPSA) is 54.9 Å². The lowest BCUT2D eigenvalue weighted by Crippen LogP contribution is -2.37. The summed E-state index contributed by atoms with van der Waals surface area (Å²) in [5.41, 5.74) is 0.580.